The molecular weight excluding hydrogens is 278 g/mol. The highest BCUT2D eigenvalue weighted by molar-refractivity contribution is 5.74. The first-order valence-corrected chi connectivity index (χ1v) is 6.92. The third-order valence-electron chi connectivity index (χ3n) is 3.28. The zero-order valence-electron chi connectivity index (χ0n) is 11.9. The Hall–Kier alpha value is -2.93. The number of nitrogens with zero attached hydrogens (tertiary/aromatic N) is 1. The molecule has 110 valence electrons. The fourth-order valence-corrected chi connectivity index (χ4v) is 2.15. The topological polar surface area (TPSA) is 67.2 Å². The molecule has 2 rings (SSSR count). The first-order chi connectivity index (χ1) is 10.7. The van der Waals surface area contributed by atoms with E-state index in [0.717, 1.165) is 11.8 Å². The van der Waals surface area contributed by atoms with Gasteiger partial charge in [-0.3, -0.25) is 4.79 Å². The molecule has 4 nitrogen and oxygen atoms in total. The van der Waals surface area contributed by atoms with Gasteiger partial charge in [-0.05, 0) is 29.8 Å². The zero-order valence-corrected chi connectivity index (χ0v) is 11.9. The average Bonchev–Trinajstić information content (AvgIpc) is 2.56. The minimum Gasteiger partial charge on any atom is -0.427 e. The Balaban J connectivity index is 2.02. The Labute approximate surface area is 129 Å². The lowest BCUT2D eigenvalue weighted by atomic mass is 9.93. The van der Waals surface area contributed by atoms with E-state index in [0.29, 0.717) is 11.3 Å². The monoisotopic (exact) mass is 293 g/mol. The Morgan fingerprint density at radius 3 is 2.41 bits per heavy atom. The Kier molecular flexibility index (Phi) is 5.44. The van der Waals surface area contributed by atoms with Crippen LogP contribution in [0.3, 0.4) is 0 Å². The van der Waals surface area contributed by atoms with Crippen molar-refractivity contribution in [3.05, 3.63) is 65.7 Å². The van der Waals surface area contributed by atoms with E-state index in [9.17, 15) is 9.59 Å². The van der Waals surface area contributed by atoms with E-state index in [1.54, 1.807) is 24.3 Å². The maximum Gasteiger partial charge on any atom is 0.311 e. The fourth-order valence-electron chi connectivity index (χ4n) is 2.15. The SMILES string of the molecule is N#Cc1ccc(OC(=O)CC(CC=O)c2ccccc2)cc1. The maximum atomic E-state index is 12.0. The van der Waals surface area contributed by atoms with Gasteiger partial charge in [-0.2, -0.15) is 5.26 Å². The van der Waals surface area contributed by atoms with E-state index >= 15 is 0 Å². The molecule has 0 aliphatic rings. The predicted molar refractivity (Wildman–Crippen MR) is 81.3 cm³/mol. The lowest BCUT2D eigenvalue weighted by Crippen LogP contribution is -2.13. The molecule has 0 aliphatic heterocycles. The molecule has 0 amide bonds. The summed E-state index contributed by atoms with van der Waals surface area (Å²) in [5, 5.41) is 8.72. The number of aldehydes is 1. The van der Waals surface area contributed by atoms with Crippen molar-refractivity contribution in [1.82, 2.24) is 0 Å². The smallest absolute Gasteiger partial charge is 0.311 e. The molecule has 2 aromatic rings. The second-order valence-electron chi connectivity index (χ2n) is 4.82. The third kappa shape index (κ3) is 4.29. The number of hydrogen-bond acceptors (Lipinski definition) is 4. The molecule has 4 heteroatoms. The van der Waals surface area contributed by atoms with Gasteiger partial charge in [0.15, 0.2) is 0 Å². The summed E-state index contributed by atoms with van der Waals surface area (Å²) in [6.45, 7) is 0. The van der Waals surface area contributed by atoms with Gasteiger partial charge in [0.05, 0.1) is 18.1 Å². The lowest BCUT2D eigenvalue weighted by Gasteiger charge is -2.14. The highest BCUT2D eigenvalue weighted by Gasteiger charge is 2.17. The Bertz CT molecular complexity index is 672. The average molecular weight is 293 g/mol. The molecule has 0 heterocycles. The quantitative estimate of drug-likeness (QED) is 0.466. The molecule has 1 atom stereocenters. The van der Waals surface area contributed by atoms with Gasteiger partial charge in [-0.15, -0.1) is 0 Å². The van der Waals surface area contributed by atoms with Gasteiger partial charge in [0.25, 0.3) is 0 Å². The summed E-state index contributed by atoms with van der Waals surface area (Å²) in [6.07, 6.45) is 1.21. The maximum absolute atomic E-state index is 12.0. The Morgan fingerprint density at radius 2 is 1.82 bits per heavy atom. The van der Waals surface area contributed by atoms with Gasteiger partial charge in [0.2, 0.25) is 0 Å². The number of carbonyl (C=O) groups is 2. The molecule has 0 saturated carbocycles. The molecule has 2 aromatic carbocycles. The summed E-state index contributed by atoms with van der Waals surface area (Å²) in [4.78, 5) is 22.8. The molecule has 0 spiro atoms. The van der Waals surface area contributed by atoms with Crippen LogP contribution in [0.4, 0.5) is 0 Å². The predicted octanol–water partition coefficient (Wildman–Crippen LogP) is 3.23. The van der Waals surface area contributed by atoms with Crippen LogP contribution in [0.5, 0.6) is 5.75 Å². The van der Waals surface area contributed by atoms with Crippen molar-refractivity contribution in [3.63, 3.8) is 0 Å². The van der Waals surface area contributed by atoms with Crippen LogP contribution in [0.2, 0.25) is 0 Å². The van der Waals surface area contributed by atoms with E-state index in [-0.39, 0.29) is 18.8 Å². The normalized spacial score (nSPS) is 11.2. The van der Waals surface area contributed by atoms with E-state index < -0.39 is 5.97 Å². The Morgan fingerprint density at radius 1 is 1.14 bits per heavy atom. The van der Waals surface area contributed by atoms with Crippen molar-refractivity contribution in [3.8, 4) is 11.8 Å². The van der Waals surface area contributed by atoms with Crippen molar-refractivity contribution in [2.45, 2.75) is 18.8 Å². The van der Waals surface area contributed by atoms with Crippen LogP contribution < -0.4 is 4.74 Å². The van der Waals surface area contributed by atoms with Crippen LogP contribution >= 0.6 is 0 Å². The molecule has 0 bridgehead atoms. The van der Waals surface area contributed by atoms with Crippen LogP contribution in [0, 0.1) is 11.3 Å². The van der Waals surface area contributed by atoms with E-state index in [1.165, 1.54) is 0 Å². The van der Waals surface area contributed by atoms with Crippen molar-refractivity contribution in [1.29, 1.82) is 5.26 Å². The number of rotatable bonds is 6. The fraction of sp³-hybridized carbons (Fsp3) is 0.167. The molecule has 0 saturated heterocycles. The van der Waals surface area contributed by atoms with Crippen molar-refractivity contribution in [2.24, 2.45) is 0 Å². The van der Waals surface area contributed by atoms with Gasteiger partial charge in [-0.1, -0.05) is 30.3 Å². The van der Waals surface area contributed by atoms with Gasteiger partial charge >= 0.3 is 5.97 Å². The molecular formula is C18H15NO3. The second-order valence-corrected chi connectivity index (χ2v) is 4.82. The van der Waals surface area contributed by atoms with E-state index in [2.05, 4.69) is 0 Å². The van der Waals surface area contributed by atoms with Gasteiger partial charge < -0.3 is 9.53 Å². The largest absolute Gasteiger partial charge is 0.427 e. The summed E-state index contributed by atoms with van der Waals surface area (Å²) >= 11 is 0. The number of esters is 1. The van der Waals surface area contributed by atoms with Crippen LogP contribution in [0.15, 0.2) is 54.6 Å². The van der Waals surface area contributed by atoms with Gasteiger partial charge in [0.1, 0.15) is 12.0 Å². The van der Waals surface area contributed by atoms with Gasteiger partial charge in [0, 0.05) is 12.3 Å². The minimum atomic E-state index is -0.402. The first kappa shape index (κ1) is 15.5. The number of hydrogen-bond donors (Lipinski definition) is 0. The summed E-state index contributed by atoms with van der Waals surface area (Å²) in [5.41, 5.74) is 1.44. The lowest BCUT2D eigenvalue weighted by molar-refractivity contribution is -0.134. The first-order valence-electron chi connectivity index (χ1n) is 6.92. The van der Waals surface area contributed by atoms with E-state index in [1.807, 2.05) is 36.4 Å². The number of benzene rings is 2. The molecule has 0 radical (unpaired) electrons. The number of carbonyl (C=O) groups excluding carboxylic acids is 2. The van der Waals surface area contributed by atoms with Crippen LogP contribution in [-0.4, -0.2) is 12.3 Å². The van der Waals surface area contributed by atoms with Crippen LogP contribution in [0.1, 0.15) is 29.9 Å². The standard InChI is InChI=1S/C18H15NO3/c19-13-14-6-8-17(9-7-14)22-18(21)12-16(10-11-20)15-4-2-1-3-5-15/h1-9,11,16H,10,12H2. The summed E-state index contributed by atoms with van der Waals surface area (Å²) in [5.74, 6) is -0.202. The number of ether oxygens (including phenoxy) is 1. The summed E-state index contributed by atoms with van der Waals surface area (Å²) in [6, 6.07) is 17.7. The van der Waals surface area contributed by atoms with Crippen molar-refractivity contribution >= 4 is 12.3 Å². The highest BCUT2D eigenvalue weighted by Crippen LogP contribution is 2.23. The third-order valence-corrected chi connectivity index (χ3v) is 3.28. The summed E-state index contributed by atoms with van der Waals surface area (Å²) in [7, 11) is 0. The molecule has 22 heavy (non-hydrogen) atoms. The number of nitriles is 1. The molecule has 0 N–H and O–H groups in total. The van der Waals surface area contributed by atoms with E-state index in [4.69, 9.17) is 10.00 Å². The molecule has 1 unspecified atom stereocenters. The summed E-state index contributed by atoms with van der Waals surface area (Å²) < 4.78 is 5.25. The molecule has 0 fully saturated rings. The molecule has 0 aromatic heterocycles. The second kappa shape index (κ2) is 7.75. The van der Waals surface area contributed by atoms with Gasteiger partial charge in [-0.25, -0.2) is 0 Å². The van der Waals surface area contributed by atoms with Crippen LogP contribution in [0.25, 0.3) is 0 Å². The minimum absolute atomic E-state index is 0.128. The highest BCUT2D eigenvalue weighted by atomic mass is 16.5. The zero-order chi connectivity index (χ0) is 15.8. The molecule has 0 aliphatic carbocycles. The van der Waals surface area contributed by atoms with Crippen molar-refractivity contribution < 1.29 is 14.3 Å². The van der Waals surface area contributed by atoms with Crippen LogP contribution in [-0.2, 0) is 9.59 Å². The van der Waals surface area contributed by atoms with Crippen molar-refractivity contribution in [2.75, 3.05) is 0 Å².